The third-order valence-corrected chi connectivity index (χ3v) is 4.72. The standard InChI is InChI=1S/C15H22N6OS/c1-11-6-18-12(7-17-11)10-23-15-20-19-14(8-16-2)21(15)9-13-4-3-5-22-13/h6-7,13,16H,3-5,8-10H2,1-2H3/t13-/m1/s1. The largest absolute Gasteiger partial charge is 0.376 e. The second-order valence-corrected chi connectivity index (χ2v) is 6.56. The summed E-state index contributed by atoms with van der Waals surface area (Å²) in [6, 6.07) is 0. The molecule has 2 aromatic heterocycles. The number of thioether (sulfide) groups is 1. The zero-order valence-electron chi connectivity index (χ0n) is 13.5. The highest BCUT2D eigenvalue weighted by atomic mass is 32.2. The second-order valence-electron chi connectivity index (χ2n) is 5.61. The van der Waals surface area contributed by atoms with Crippen LogP contribution in [0.1, 0.15) is 30.1 Å². The molecule has 1 aliphatic heterocycles. The van der Waals surface area contributed by atoms with Crippen molar-refractivity contribution in [3.63, 3.8) is 0 Å². The lowest BCUT2D eigenvalue weighted by molar-refractivity contribution is 0.0941. The van der Waals surface area contributed by atoms with Crippen LogP contribution in [0.3, 0.4) is 0 Å². The fourth-order valence-electron chi connectivity index (χ4n) is 2.52. The molecule has 0 spiro atoms. The van der Waals surface area contributed by atoms with Crippen LogP contribution < -0.4 is 5.32 Å². The van der Waals surface area contributed by atoms with Gasteiger partial charge in [0.25, 0.3) is 0 Å². The predicted octanol–water partition coefficient (Wildman–Crippen LogP) is 1.57. The molecule has 3 rings (SSSR count). The first-order valence-corrected chi connectivity index (χ1v) is 8.83. The Kier molecular flexibility index (Phi) is 5.58. The molecule has 1 saturated heterocycles. The molecular weight excluding hydrogens is 312 g/mol. The second kappa shape index (κ2) is 7.85. The molecule has 1 fully saturated rings. The van der Waals surface area contributed by atoms with Crippen LogP contribution in [0.4, 0.5) is 0 Å². The predicted molar refractivity (Wildman–Crippen MR) is 88.1 cm³/mol. The van der Waals surface area contributed by atoms with E-state index in [1.165, 1.54) is 0 Å². The van der Waals surface area contributed by atoms with Crippen molar-refractivity contribution in [3.05, 3.63) is 29.6 Å². The number of hydrogen-bond donors (Lipinski definition) is 1. The van der Waals surface area contributed by atoms with Gasteiger partial charge in [0.2, 0.25) is 0 Å². The lowest BCUT2D eigenvalue weighted by atomic mass is 10.2. The van der Waals surface area contributed by atoms with E-state index in [4.69, 9.17) is 4.74 Å². The monoisotopic (exact) mass is 334 g/mol. The first-order chi connectivity index (χ1) is 11.3. The smallest absolute Gasteiger partial charge is 0.191 e. The summed E-state index contributed by atoms with van der Waals surface area (Å²) >= 11 is 1.64. The minimum absolute atomic E-state index is 0.264. The van der Waals surface area contributed by atoms with Crippen molar-refractivity contribution in [2.24, 2.45) is 0 Å². The Morgan fingerprint density at radius 2 is 2.26 bits per heavy atom. The van der Waals surface area contributed by atoms with Crippen LogP contribution in [-0.2, 0) is 23.6 Å². The van der Waals surface area contributed by atoms with Crippen molar-refractivity contribution in [1.82, 2.24) is 30.0 Å². The maximum absolute atomic E-state index is 5.76. The van der Waals surface area contributed by atoms with E-state index in [0.29, 0.717) is 6.54 Å². The van der Waals surface area contributed by atoms with Gasteiger partial charge in [-0.05, 0) is 26.8 Å². The molecule has 0 unspecified atom stereocenters. The third kappa shape index (κ3) is 4.27. The minimum Gasteiger partial charge on any atom is -0.376 e. The van der Waals surface area contributed by atoms with E-state index in [2.05, 4.69) is 30.0 Å². The molecule has 0 bridgehead atoms. The van der Waals surface area contributed by atoms with Crippen molar-refractivity contribution >= 4 is 11.8 Å². The topological polar surface area (TPSA) is 77.8 Å². The number of aromatic nitrogens is 5. The summed E-state index contributed by atoms with van der Waals surface area (Å²) in [4.78, 5) is 8.67. The minimum atomic E-state index is 0.264. The number of ether oxygens (including phenoxy) is 1. The van der Waals surface area contributed by atoms with Gasteiger partial charge in [-0.25, -0.2) is 0 Å². The normalized spacial score (nSPS) is 17.7. The summed E-state index contributed by atoms with van der Waals surface area (Å²) in [5.74, 6) is 1.68. The molecule has 0 aromatic carbocycles. The lowest BCUT2D eigenvalue weighted by Gasteiger charge is -2.14. The van der Waals surface area contributed by atoms with Crippen LogP contribution in [0, 0.1) is 6.92 Å². The molecular formula is C15H22N6OS. The van der Waals surface area contributed by atoms with Gasteiger partial charge in [0.05, 0.1) is 30.6 Å². The van der Waals surface area contributed by atoms with Gasteiger partial charge in [0, 0.05) is 24.8 Å². The molecule has 23 heavy (non-hydrogen) atoms. The molecule has 8 heteroatoms. The Morgan fingerprint density at radius 1 is 1.35 bits per heavy atom. The van der Waals surface area contributed by atoms with Crippen LogP contribution in [0.15, 0.2) is 17.6 Å². The molecule has 2 aromatic rings. The van der Waals surface area contributed by atoms with Gasteiger partial charge in [-0.15, -0.1) is 10.2 Å². The molecule has 1 N–H and O–H groups in total. The van der Waals surface area contributed by atoms with Gasteiger partial charge >= 0.3 is 0 Å². The van der Waals surface area contributed by atoms with E-state index in [0.717, 1.165) is 54.1 Å². The average molecular weight is 334 g/mol. The van der Waals surface area contributed by atoms with E-state index in [1.807, 2.05) is 20.2 Å². The molecule has 124 valence electrons. The number of rotatable bonds is 7. The maximum Gasteiger partial charge on any atom is 0.191 e. The van der Waals surface area contributed by atoms with Crippen LogP contribution in [-0.4, -0.2) is 44.5 Å². The van der Waals surface area contributed by atoms with Crippen molar-refractivity contribution in [2.45, 2.75) is 49.9 Å². The summed E-state index contributed by atoms with van der Waals surface area (Å²) in [6.45, 7) is 4.30. The van der Waals surface area contributed by atoms with E-state index in [1.54, 1.807) is 18.0 Å². The highest BCUT2D eigenvalue weighted by Crippen LogP contribution is 2.23. The fraction of sp³-hybridized carbons (Fsp3) is 0.600. The summed E-state index contributed by atoms with van der Waals surface area (Å²) in [5.41, 5.74) is 1.87. The van der Waals surface area contributed by atoms with Gasteiger partial charge in [-0.3, -0.25) is 9.97 Å². The fourth-order valence-corrected chi connectivity index (χ4v) is 3.38. The Hall–Kier alpha value is -1.51. The average Bonchev–Trinajstić information content (AvgIpc) is 3.19. The zero-order chi connectivity index (χ0) is 16.1. The van der Waals surface area contributed by atoms with Crippen molar-refractivity contribution < 1.29 is 4.74 Å². The Morgan fingerprint density at radius 3 is 2.96 bits per heavy atom. The SMILES string of the molecule is CNCc1nnc(SCc2cnc(C)cn2)n1C[C@H]1CCCO1. The summed E-state index contributed by atoms with van der Waals surface area (Å²) in [6.07, 6.45) is 6.11. The Balaban J connectivity index is 1.70. The van der Waals surface area contributed by atoms with Crippen LogP contribution >= 0.6 is 11.8 Å². The highest BCUT2D eigenvalue weighted by molar-refractivity contribution is 7.98. The van der Waals surface area contributed by atoms with Crippen LogP contribution in [0.25, 0.3) is 0 Å². The van der Waals surface area contributed by atoms with Gasteiger partial charge in [0.1, 0.15) is 5.82 Å². The first kappa shape index (κ1) is 16.4. The summed E-state index contributed by atoms with van der Waals surface area (Å²) in [7, 11) is 1.92. The molecule has 3 heterocycles. The molecule has 0 aliphatic carbocycles. The number of nitrogens with zero attached hydrogens (tertiary/aromatic N) is 5. The quantitative estimate of drug-likeness (QED) is 0.770. The summed E-state index contributed by atoms with van der Waals surface area (Å²) < 4.78 is 7.93. The molecule has 1 atom stereocenters. The van der Waals surface area contributed by atoms with E-state index < -0.39 is 0 Å². The number of aryl methyl sites for hydroxylation is 1. The highest BCUT2D eigenvalue weighted by Gasteiger charge is 2.20. The number of nitrogens with one attached hydrogen (secondary N) is 1. The third-order valence-electron chi connectivity index (χ3n) is 3.72. The molecule has 0 amide bonds. The maximum atomic E-state index is 5.76. The molecule has 0 radical (unpaired) electrons. The lowest BCUT2D eigenvalue weighted by Crippen LogP contribution is -2.20. The van der Waals surface area contributed by atoms with Crippen LogP contribution in [0.5, 0.6) is 0 Å². The summed E-state index contributed by atoms with van der Waals surface area (Å²) in [5, 5.41) is 12.7. The Labute approximate surface area is 140 Å². The molecule has 0 saturated carbocycles. The van der Waals surface area contributed by atoms with Gasteiger partial charge in [-0.1, -0.05) is 11.8 Å². The van der Waals surface area contributed by atoms with Gasteiger partial charge in [0.15, 0.2) is 5.16 Å². The van der Waals surface area contributed by atoms with Gasteiger partial charge < -0.3 is 14.6 Å². The van der Waals surface area contributed by atoms with Gasteiger partial charge in [-0.2, -0.15) is 0 Å². The van der Waals surface area contributed by atoms with E-state index in [9.17, 15) is 0 Å². The first-order valence-electron chi connectivity index (χ1n) is 7.85. The molecule has 7 nitrogen and oxygen atoms in total. The Bertz CT molecular complexity index is 623. The van der Waals surface area contributed by atoms with Crippen molar-refractivity contribution in [1.29, 1.82) is 0 Å². The van der Waals surface area contributed by atoms with E-state index >= 15 is 0 Å². The van der Waals surface area contributed by atoms with Crippen molar-refractivity contribution in [2.75, 3.05) is 13.7 Å². The van der Waals surface area contributed by atoms with E-state index in [-0.39, 0.29) is 6.10 Å². The number of hydrogen-bond acceptors (Lipinski definition) is 7. The zero-order valence-corrected chi connectivity index (χ0v) is 14.3. The molecule has 1 aliphatic rings. The van der Waals surface area contributed by atoms with Crippen molar-refractivity contribution in [3.8, 4) is 0 Å². The van der Waals surface area contributed by atoms with Crippen LogP contribution in [0.2, 0.25) is 0 Å².